The van der Waals surface area contributed by atoms with Gasteiger partial charge in [0.05, 0.1) is 24.9 Å². The van der Waals surface area contributed by atoms with Crippen LogP contribution in [-0.4, -0.2) is 42.0 Å². The molecule has 3 aromatic rings. The molecule has 0 radical (unpaired) electrons. The zero-order valence-electron chi connectivity index (χ0n) is 16.6. The molecule has 1 fully saturated rings. The van der Waals surface area contributed by atoms with Crippen LogP contribution in [0.15, 0.2) is 57.8 Å². The van der Waals surface area contributed by atoms with Crippen molar-refractivity contribution < 1.29 is 26.8 Å². The standard InChI is InChI=1S/C21H21F3N4O3/c22-21(23,24)15-3-1-4-16(11-15)28-8-6-27(7-9-28)13-19-26-18(14-31-19)20(29)25-12-17-5-2-10-30-17/h1-5,10-11,14H,6-9,12-13H2,(H,25,29). The second-order valence-electron chi connectivity index (χ2n) is 7.20. The third kappa shape index (κ3) is 5.26. The van der Waals surface area contributed by atoms with Gasteiger partial charge in [-0.15, -0.1) is 0 Å². The maximum Gasteiger partial charge on any atom is 0.416 e. The maximum atomic E-state index is 12.9. The number of benzene rings is 1. The summed E-state index contributed by atoms with van der Waals surface area (Å²) in [5, 5.41) is 2.70. The van der Waals surface area contributed by atoms with Crippen molar-refractivity contribution in [1.29, 1.82) is 0 Å². The number of oxazole rings is 1. The van der Waals surface area contributed by atoms with Crippen molar-refractivity contribution in [2.24, 2.45) is 0 Å². The Labute approximate surface area is 176 Å². The minimum absolute atomic E-state index is 0.184. The van der Waals surface area contributed by atoms with Gasteiger partial charge in [-0.3, -0.25) is 9.69 Å². The molecule has 1 saturated heterocycles. The highest BCUT2D eigenvalue weighted by Crippen LogP contribution is 2.31. The van der Waals surface area contributed by atoms with Crippen LogP contribution in [-0.2, 0) is 19.3 Å². The van der Waals surface area contributed by atoms with E-state index in [1.54, 1.807) is 18.2 Å². The van der Waals surface area contributed by atoms with E-state index in [1.165, 1.54) is 24.7 Å². The molecule has 31 heavy (non-hydrogen) atoms. The van der Waals surface area contributed by atoms with E-state index in [2.05, 4.69) is 15.2 Å². The molecule has 3 heterocycles. The lowest BCUT2D eigenvalue weighted by atomic mass is 10.1. The molecule has 7 nitrogen and oxygen atoms in total. The Morgan fingerprint density at radius 2 is 1.90 bits per heavy atom. The summed E-state index contributed by atoms with van der Waals surface area (Å²) in [6.45, 7) is 3.11. The molecule has 0 aliphatic carbocycles. The predicted octanol–water partition coefficient (Wildman–Crippen LogP) is 3.54. The van der Waals surface area contributed by atoms with Crippen LogP contribution < -0.4 is 10.2 Å². The number of alkyl halides is 3. The number of halogens is 3. The zero-order valence-corrected chi connectivity index (χ0v) is 16.6. The van der Waals surface area contributed by atoms with Crippen LogP contribution >= 0.6 is 0 Å². The third-order valence-corrected chi connectivity index (χ3v) is 5.06. The molecule has 4 rings (SSSR count). The van der Waals surface area contributed by atoms with Crippen molar-refractivity contribution >= 4 is 11.6 Å². The normalized spacial score (nSPS) is 15.3. The molecule has 164 valence electrons. The number of carbonyl (C=O) groups is 1. The second-order valence-corrected chi connectivity index (χ2v) is 7.20. The SMILES string of the molecule is O=C(NCc1ccco1)c1coc(CN2CCN(c3cccc(C(F)(F)F)c3)CC2)n1. The average Bonchev–Trinajstić information content (AvgIpc) is 3.44. The van der Waals surface area contributed by atoms with Gasteiger partial charge in [-0.25, -0.2) is 4.98 Å². The summed E-state index contributed by atoms with van der Waals surface area (Å²) in [7, 11) is 0. The molecule has 0 bridgehead atoms. The molecule has 1 aromatic carbocycles. The number of carbonyl (C=O) groups excluding carboxylic acids is 1. The minimum Gasteiger partial charge on any atom is -0.467 e. The lowest BCUT2D eigenvalue weighted by Crippen LogP contribution is -2.46. The number of furan rings is 1. The van der Waals surface area contributed by atoms with E-state index in [0.717, 1.165) is 6.07 Å². The van der Waals surface area contributed by atoms with Gasteiger partial charge >= 0.3 is 6.18 Å². The molecule has 0 unspecified atom stereocenters. The summed E-state index contributed by atoms with van der Waals surface area (Å²) in [5.74, 6) is 0.687. The smallest absolute Gasteiger partial charge is 0.416 e. The first-order valence-electron chi connectivity index (χ1n) is 9.78. The van der Waals surface area contributed by atoms with Crippen LogP contribution in [0.1, 0.15) is 27.7 Å². The Bertz CT molecular complexity index is 1010. The highest BCUT2D eigenvalue weighted by atomic mass is 19.4. The minimum atomic E-state index is -4.36. The Hall–Kier alpha value is -3.27. The van der Waals surface area contributed by atoms with Gasteiger partial charge in [0.25, 0.3) is 5.91 Å². The number of amides is 1. The first-order chi connectivity index (χ1) is 14.9. The van der Waals surface area contributed by atoms with E-state index in [4.69, 9.17) is 8.83 Å². The molecule has 0 saturated carbocycles. The Morgan fingerprint density at radius 1 is 1.10 bits per heavy atom. The summed E-state index contributed by atoms with van der Waals surface area (Å²) >= 11 is 0. The van der Waals surface area contributed by atoms with Crippen LogP contribution in [0.4, 0.5) is 18.9 Å². The maximum absolute atomic E-state index is 12.9. The predicted molar refractivity (Wildman–Crippen MR) is 105 cm³/mol. The largest absolute Gasteiger partial charge is 0.467 e. The Morgan fingerprint density at radius 3 is 2.61 bits per heavy atom. The van der Waals surface area contributed by atoms with Gasteiger partial charge in [-0.2, -0.15) is 13.2 Å². The topological polar surface area (TPSA) is 74.8 Å². The molecule has 0 atom stereocenters. The fourth-order valence-corrected chi connectivity index (χ4v) is 3.39. The van der Waals surface area contributed by atoms with E-state index in [-0.39, 0.29) is 18.1 Å². The number of rotatable bonds is 6. The Kier molecular flexibility index (Phi) is 5.99. The van der Waals surface area contributed by atoms with E-state index in [0.29, 0.717) is 50.1 Å². The molecular weight excluding hydrogens is 413 g/mol. The molecule has 10 heteroatoms. The fraction of sp³-hybridized carbons (Fsp3) is 0.333. The zero-order chi connectivity index (χ0) is 21.8. The van der Waals surface area contributed by atoms with Crippen LogP contribution in [0, 0.1) is 0 Å². The van der Waals surface area contributed by atoms with E-state index in [1.807, 2.05) is 4.90 Å². The Balaban J connectivity index is 1.28. The number of aromatic nitrogens is 1. The molecule has 2 aromatic heterocycles. The average molecular weight is 434 g/mol. The van der Waals surface area contributed by atoms with Gasteiger partial charge in [0.15, 0.2) is 5.69 Å². The second kappa shape index (κ2) is 8.84. The van der Waals surface area contributed by atoms with Crippen molar-refractivity contribution in [3.05, 3.63) is 71.8 Å². The third-order valence-electron chi connectivity index (χ3n) is 5.06. The van der Waals surface area contributed by atoms with Crippen LogP contribution in [0.2, 0.25) is 0 Å². The quantitative estimate of drug-likeness (QED) is 0.640. The molecular formula is C21H21F3N4O3. The summed E-state index contributed by atoms with van der Waals surface area (Å²) in [4.78, 5) is 20.4. The molecule has 0 spiro atoms. The van der Waals surface area contributed by atoms with Gasteiger partial charge in [0.2, 0.25) is 5.89 Å². The number of piperazine rings is 1. The van der Waals surface area contributed by atoms with E-state index < -0.39 is 11.7 Å². The summed E-state index contributed by atoms with van der Waals surface area (Å²) in [6.07, 6.45) is -1.51. The first kappa shape index (κ1) is 21.0. The van der Waals surface area contributed by atoms with Crippen molar-refractivity contribution in [3.63, 3.8) is 0 Å². The lowest BCUT2D eigenvalue weighted by molar-refractivity contribution is -0.137. The van der Waals surface area contributed by atoms with Crippen molar-refractivity contribution in [1.82, 2.24) is 15.2 Å². The monoisotopic (exact) mass is 434 g/mol. The van der Waals surface area contributed by atoms with Crippen molar-refractivity contribution in [2.45, 2.75) is 19.3 Å². The molecule has 1 aliphatic heterocycles. The van der Waals surface area contributed by atoms with Crippen LogP contribution in [0.25, 0.3) is 0 Å². The number of hydrogen-bond donors (Lipinski definition) is 1. The number of nitrogens with one attached hydrogen (secondary N) is 1. The fourth-order valence-electron chi connectivity index (χ4n) is 3.39. The summed E-state index contributed by atoms with van der Waals surface area (Å²) in [5.41, 5.74) is 0.0929. The van der Waals surface area contributed by atoms with E-state index >= 15 is 0 Å². The first-order valence-corrected chi connectivity index (χ1v) is 9.78. The van der Waals surface area contributed by atoms with Gasteiger partial charge in [-0.1, -0.05) is 6.07 Å². The highest BCUT2D eigenvalue weighted by Gasteiger charge is 2.31. The number of anilines is 1. The number of nitrogens with zero attached hydrogens (tertiary/aromatic N) is 3. The summed E-state index contributed by atoms with van der Waals surface area (Å²) in [6, 6.07) is 8.86. The molecule has 1 N–H and O–H groups in total. The summed E-state index contributed by atoms with van der Waals surface area (Å²) < 4.78 is 49.4. The van der Waals surface area contributed by atoms with E-state index in [9.17, 15) is 18.0 Å². The lowest BCUT2D eigenvalue weighted by Gasteiger charge is -2.35. The van der Waals surface area contributed by atoms with Gasteiger partial charge < -0.3 is 19.1 Å². The molecule has 1 amide bonds. The van der Waals surface area contributed by atoms with Crippen LogP contribution in [0.3, 0.4) is 0 Å². The van der Waals surface area contributed by atoms with Gasteiger partial charge in [0.1, 0.15) is 12.0 Å². The van der Waals surface area contributed by atoms with Gasteiger partial charge in [-0.05, 0) is 30.3 Å². The number of hydrogen-bond acceptors (Lipinski definition) is 6. The van der Waals surface area contributed by atoms with Crippen molar-refractivity contribution in [3.8, 4) is 0 Å². The highest BCUT2D eigenvalue weighted by molar-refractivity contribution is 5.91. The van der Waals surface area contributed by atoms with Gasteiger partial charge in [0, 0.05) is 31.9 Å². The van der Waals surface area contributed by atoms with Crippen LogP contribution in [0.5, 0.6) is 0 Å². The van der Waals surface area contributed by atoms with Crippen molar-refractivity contribution in [2.75, 3.05) is 31.1 Å². The molecule has 1 aliphatic rings.